The molecule has 2 aromatic carbocycles. The first-order chi connectivity index (χ1) is 15.4. The first-order valence-electron chi connectivity index (χ1n) is 9.73. The van der Waals surface area contributed by atoms with Gasteiger partial charge in [-0.05, 0) is 24.6 Å². The van der Waals surface area contributed by atoms with Crippen molar-refractivity contribution < 1.29 is 23.0 Å². The van der Waals surface area contributed by atoms with Gasteiger partial charge in [0, 0.05) is 23.4 Å². The largest absolute Gasteiger partial charge is 0.496 e. The molecule has 0 aliphatic rings. The summed E-state index contributed by atoms with van der Waals surface area (Å²) >= 11 is 0. The molecular formula is C22H21F2N5O3. The second-order valence-electron chi connectivity index (χ2n) is 7.05. The van der Waals surface area contributed by atoms with Gasteiger partial charge in [-0.3, -0.25) is 14.5 Å². The normalized spacial score (nSPS) is 11.2. The van der Waals surface area contributed by atoms with Gasteiger partial charge in [0.05, 0.1) is 43.7 Å². The number of aromatic nitrogens is 4. The molecule has 0 radical (unpaired) electrons. The Bertz CT molecular complexity index is 1260. The number of alkyl halides is 2. The SMILES string of the molecule is COc1cc(-n2cnc3cc(-c4cn[nH]c4C)ccc32)cc(OC)c1C(=O)NCC(F)F. The van der Waals surface area contributed by atoms with Crippen molar-refractivity contribution in [3.05, 3.63) is 54.1 Å². The molecule has 2 aromatic heterocycles. The molecule has 0 bridgehead atoms. The number of rotatable bonds is 7. The Balaban J connectivity index is 1.76. The Kier molecular flexibility index (Phi) is 5.76. The number of hydrogen-bond donors (Lipinski definition) is 2. The topological polar surface area (TPSA) is 94.1 Å². The van der Waals surface area contributed by atoms with Crippen LogP contribution >= 0.6 is 0 Å². The van der Waals surface area contributed by atoms with E-state index >= 15 is 0 Å². The Labute approximate surface area is 182 Å². The number of fused-ring (bicyclic) bond motifs is 1. The second kappa shape index (κ2) is 8.66. The number of carbonyl (C=O) groups excluding carboxylic acids is 1. The Hall–Kier alpha value is -3.95. The number of nitrogens with one attached hydrogen (secondary N) is 2. The molecule has 32 heavy (non-hydrogen) atoms. The summed E-state index contributed by atoms with van der Waals surface area (Å²) in [5, 5.41) is 9.17. The average Bonchev–Trinajstić information content (AvgIpc) is 3.41. The van der Waals surface area contributed by atoms with E-state index in [2.05, 4.69) is 20.5 Å². The number of H-pyrrole nitrogens is 1. The van der Waals surface area contributed by atoms with Crippen molar-refractivity contribution in [3.8, 4) is 28.3 Å². The molecule has 0 unspecified atom stereocenters. The van der Waals surface area contributed by atoms with Gasteiger partial charge in [-0.1, -0.05) is 6.07 Å². The number of nitrogens with zero attached hydrogens (tertiary/aromatic N) is 3. The number of ether oxygens (including phenoxy) is 2. The molecule has 10 heteroatoms. The van der Waals surface area contributed by atoms with Crippen LogP contribution < -0.4 is 14.8 Å². The van der Waals surface area contributed by atoms with Crippen LogP contribution in [0.5, 0.6) is 11.5 Å². The molecule has 0 aliphatic heterocycles. The number of hydrogen-bond acceptors (Lipinski definition) is 5. The highest BCUT2D eigenvalue weighted by atomic mass is 19.3. The number of benzene rings is 2. The molecule has 166 valence electrons. The zero-order valence-electron chi connectivity index (χ0n) is 17.6. The Morgan fingerprint density at radius 3 is 2.50 bits per heavy atom. The van der Waals surface area contributed by atoms with Gasteiger partial charge >= 0.3 is 0 Å². The first kappa shape index (κ1) is 21.3. The molecule has 8 nitrogen and oxygen atoms in total. The third kappa shape index (κ3) is 3.86. The van der Waals surface area contributed by atoms with E-state index in [1.807, 2.05) is 29.7 Å². The fourth-order valence-corrected chi connectivity index (χ4v) is 3.55. The van der Waals surface area contributed by atoms with E-state index < -0.39 is 18.9 Å². The second-order valence-corrected chi connectivity index (χ2v) is 7.05. The van der Waals surface area contributed by atoms with E-state index in [0.717, 1.165) is 27.9 Å². The lowest BCUT2D eigenvalue weighted by Gasteiger charge is -2.16. The summed E-state index contributed by atoms with van der Waals surface area (Å²) in [5.41, 5.74) is 5.20. The summed E-state index contributed by atoms with van der Waals surface area (Å²) < 4.78 is 37.6. The van der Waals surface area contributed by atoms with Gasteiger partial charge in [0.2, 0.25) is 0 Å². The van der Waals surface area contributed by atoms with Gasteiger partial charge in [-0.15, -0.1) is 0 Å². The van der Waals surface area contributed by atoms with Crippen LogP contribution in [-0.2, 0) is 0 Å². The lowest BCUT2D eigenvalue weighted by molar-refractivity contribution is 0.0885. The molecular weight excluding hydrogens is 420 g/mol. The number of carbonyl (C=O) groups is 1. The minimum Gasteiger partial charge on any atom is -0.496 e. The van der Waals surface area contributed by atoms with Crippen LogP contribution in [0.3, 0.4) is 0 Å². The fraction of sp³-hybridized carbons (Fsp3) is 0.227. The average molecular weight is 441 g/mol. The molecule has 0 fully saturated rings. The van der Waals surface area contributed by atoms with E-state index in [0.29, 0.717) is 5.69 Å². The lowest BCUT2D eigenvalue weighted by Crippen LogP contribution is -2.29. The van der Waals surface area contributed by atoms with Crippen molar-refractivity contribution in [2.45, 2.75) is 13.3 Å². The molecule has 4 rings (SSSR count). The minimum atomic E-state index is -2.66. The third-order valence-electron chi connectivity index (χ3n) is 5.10. The number of aryl methyl sites for hydroxylation is 1. The Morgan fingerprint density at radius 2 is 1.91 bits per heavy atom. The molecule has 0 saturated carbocycles. The first-order valence-corrected chi connectivity index (χ1v) is 9.73. The predicted octanol–water partition coefficient (Wildman–Crippen LogP) is 3.74. The highest BCUT2D eigenvalue weighted by molar-refractivity contribution is 6.00. The summed E-state index contributed by atoms with van der Waals surface area (Å²) in [5.74, 6) is -0.321. The molecule has 0 spiro atoms. The third-order valence-corrected chi connectivity index (χ3v) is 5.10. The highest BCUT2D eigenvalue weighted by Gasteiger charge is 2.22. The van der Waals surface area contributed by atoms with Crippen LogP contribution in [0.2, 0.25) is 0 Å². The number of methoxy groups -OCH3 is 2. The molecule has 1 amide bonds. The van der Waals surface area contributed by atoms with Crippen LogP contribution in [-0.4, -0.2) is 52.8 Å². The van der Waals surface area contributed by atoms with Crippen LogP contribution in [0, 0.1) is 6.92 Å². The maximum Gasteiger partial charge on any atom is 0.259 e. The zero-order chi connectivity index (χ0) is 22.8. The molecule has 0 atom stereocenters. The van der Waals surface area contributed by atoms with Crippen LogP contribution in [0.1, 0.15) is 16.1 Å². The van der Waals surface area contributed by atoms with Crippen molar-refractivity contribution in [1.82, 2.24) is 25.1 Å². The lowest BCUT2D eigenvalue weighted by atomic mass is 10.1. The van der Waals surface area contributed by atoms with Gasteiger partial charge in [-0.2, -0.15) is 5.10 Å². The van der Waals surface area contributed by atoms with Gasteiger partial charge in [0.15, 0.2) is 0 Å². The highest BCUT2D eigenvalue weighted by Crippen LogP contribution is 2.34. The van der Waals surface area contributed by atoms with Crippen molar-refractivity contribution in [2.75, 3.05) is 20.8 Å². The van der Waals surface area contributed by atoms with Gasteiger partial charge in [0.1, 0.15) is 23.4 Å². The molecule has 2 N–H and O–H groups in total. The summed E-state index contributed by atoms with van der Waals surface area (Å²) in [6.07, 6.45) is 0.755. The summed E-state index contributed by atoms with van der Waals surface area (Å²) in [7, 11) is 2.79. The maximum atomic E-state index is 12.5. The van der Waals surface area contributed by atoms with E-state index in [4.69, 9.17) is 9.47 Å². The van der Waals surface area contributed by atoms with Crippen LogP contribution in [0.25, 0.3) is 27.8 Å². The summed E-state index contributed by atoms with van der Waals surface area (Å²) in [6, 6.07) is 9.14. The molecule has 0 aliphatic carbocycles. The van der Waals surface area contributed by atoms with Gasteiger partial charge in [-0.25, -0.2) is 13.8 Å². The van der Waals surface area contributed by atoms with Gasteiger partial charge in [0.25, 0.3) is 12.3 Å². The van der Waals surface area contributed by atoms with E-state index in [1.54, 1.807) is 24.7 Å². The summed E-state index contributed by atoms with van der Waals surface area (Å²) in [4.78, 5) is 17.0. The fourth-order valence-electron chi connectivity index (χ4n) is 3.55. The molecule has 4 aromatic rings. The predicted molar refractivity (Wildman–Crippen MR) is 115 cm³/mol. The van der Waals surface area contributed by atoms with Crippen molar-refractivity contribution in [3.63, 3.8) is 0 Å². The zero-order valence-corrected chi connectivity index (χ0v) is 17.6. The van der Waals surface area contributed by atoms with Crippen molar-refractivity contribution >= 4 is 16.9 Å². The van der Waals surface area contributed by atoms with Crippen LogP contribution in [0.4, 0.5) is 8.78 Å². The molecule has 2 heterocycles. The van der Waals surface area contributed by atoms with E-state index in [9.17, 15) is 13.6 Å². The number of halogens is 2. The van der Waals surface area contributed by atoms with Crippen LogP contribution in [0.15, 0.2) is 42.9 Å². The number of imidazole rings is 1. The van der Waals surface area contributed by atoms with Crippen molar-refractivity contribution in [2.24, 2.45) is 0 Å². The van der Waals surface area contributed by atoms with Crippen molar-refractivity contribution in [1.29, 1.82) is 0 Å². The minimum absolute atomic E-state index is 0.0431. The number of amides is 1. The maximum absolute atomic E-state index is 12.5. The Morgan fingerprint density at radius 1 is 1.19 bits per heavy atom. The molecule has 0 saturated heterocycles. The standard InChI is InChI=1S/C22H21F2N5O3/c1-12-15(9-27-28-12)13-4-5-17-16(6-13)26-11-29(17)14-7-18(31-2)21(19(8-14)32-3)22(30)25-10-20(23)24/h4-9,11,20H,10H2,1-3H3,(H,25,30)(H,27,28). The van der Waals surface area contributed by atoms with E-state index in [-0.39, 0.29) is 17.1 Å². The van der Waals surface area contributed by atoms with Gasteiger partial charge < -0.3 is 14.8 Å². The quantitative estimate of drug-likeness (QED) is 0.456. The smallest absolute Gasteiger partial charge is 0.259 e. The monoisotopic (exact) mass is 441 g/mol. The number of aromatic amines is 1. The summed E-state index contributed by atoms with van der Waals surface area (Å²) in [6.45, 7) is 1.18. The van der Waals surface area contributed by atoms with E-state index in [1.165, 1.54) is 14.2 Å².